The minimum atomic E-state index is -2.18. The molecule has 14 N–H and O–H groups in total. The average Bonchev–Trinajstić information content (AvgIpc) is 0.680. The van der Waals surface area contributed by atoms with E-state index in [1.807, 2.05) is 0 Å². The minimum Gasteiger partial charge on any atom is -0.479 e. The van der Waals surface area contributed by atoms with Gasteiger partial charge in [-0.05, 0) is 111 Å². The zero-order valence-electron chi connectivity index (χ0n) is 48.8. The van der Waals surface area contributed by atoms with E-state index in [0.29, 0.717) is 44.9 Å². The molecule has 0 spiro atoms. The van der Waals surface area contributed by atoms with Gasteiger partial charge in [0, 0.05) is 6.61 Å². The zero-order chi connectivity index (χ0) is 61.8. The maximum absolute atomic E-state index is 15.0. The third-order valence-electron chi connectivity index (χ3n) is 22.6. The van der Waals surface area contributed by atoms with Gasteiger partial charge in [-0.2, -0.15) is 0 Å². The Morgan fingerprint density at radius 2 is 1.31 bits per heavy atom. The Balaban J connectivity index is 0.911. The van der Waals surface area contributed by atoms with Crippen LogP contribution in [0.15, 0.2) is 11.6 Å². The highest BCUT2D eigenvalue weighted by Crippen LogP contribution is 2.75. The molecule has 33 atom stereocenters. The molecule has 0 amide bonds. The van der Waals surface area contributed by atoms with E-state index in [0.717, 1.165) is 11.9 Å². The quantitative estimate of drug-likeness (QED) is 0.0357. The number of aldehydes is 1. The number of allylic oxidation sites excluding steroid dienone is 2. The SMILES string of the molecule is C[C@H]1CC[C@]2(C(=O)OCC3OCC[C@H](O)[C@H]3O[C@@H]3O[C@@H](C)[C@H](O)[C@@H](O)[C@H]3O)[C@H](O)C[C@]3(C)C(=CCC4[C@@]5(C)CC[C@H](O[C@@H]6O[C@H](C(=O)O)[C@@H](O)[C@H](O[C@@H]7OC[C@@H](O)[C@H](O)[C@H]7O)[C@H]6O[C@@H]6O[C@H](CO)[C@H](O)[C@H](O)[C@H]6O)[C@@](C)(C=O)C5CC[C@]43C)[C@@H]2C1. The van der Waals surface area contributed by atoms with E-state index in [9.17, 15) is 81.1 Å². The van der Waals surface area contributed by atoms with Crippen LogP contribution < -0.4 is 0 Å². The lowest BCUT2D eigenvalue weighted by Gasteiger charge is -2.71. The van der Waals surface area contributed by atoms with Crippen LogP contribution in [0.2, 0.25) is 0 Å². The fourth-order valence-electron chi connectivity index (χ4n) is 17.4. The van der Waals surface area contributed by atoms with Crippen molar-refractivity contribution in [3.05, 3.63) is 11.6 Å². The molecule has 10 rings (SSSR count). The highest BCUT2D eigenvalue weighted by atomic mass is 16.8. The lowest BCUT2D eigenvalue weighted by molar-refractivity contribution is -0.391. The molecule has 27 heteroatoms. The zero-order valence-corrected chi connectivity index (χ0v) is 48.8. The number of rotatable bonds is 14. The van der Waals surface area contributed by atoms with Crippen LogP contribution in [0.1, 0.15) is 106 Å². The Morgan fingerprint density at radius 1 is 0.647 bits per heavy atom. The van der Waals surface area contributed by atoms with Gasteiger partial charge in [-0.15, -0.1) is 0 Å². The molecule has 0 bridgehead atoms. The number of carboxylic acid groups (broad SMARTS) is 1. The van der Waals surface area contributed by atoms with Gasteiger partial charge in [0.05, 0.1) is 43.0 Å². The topological polar surface area (TPSA) is 427 Å². The maximum atomic E-state index is 15.0. The Bertz CT molecular complexity index is 2420. The Labute approximate surface area is 492 Å². The van der Waals surface area contributed by atoms with Crippen LogP contribution in [0, 0.1) is 50.7 Å². The molecule has 5 aliphatic carbocycles. The van der Waals surface area contributed by atoms with E-state index in [4.69, 9.17) is 47.4 Å². The standard InChI is InChI=1S/C58H90O27/c1-23-9-15-58(53(75)78-21-30-44(27(61)12-16-76-30)82-50-41(70)38(67)35(64)24(2)79-50)26(17-23)25-7-8-32-54(3)13-11-34(55(4,22-60)31(54)10-14-56(32,5)57(25,6)18-33(58)63)81-52-47(85-51-42(71)39(68)37(66)29(19-59)80-51)45(43(72)46(84-52)48(73)74)83-49-40(69)36(65)28(62)20-77-49/h7,22-24,26-47,49-52,59,61-72H,8-21H2,1-6H3,(H,73,74)/t23-,24-,26-,27-,28+,29+,30?,31?,32?,33+,34-,35-,36-,37-,38+,39-,40+,41+,42+,43-,44+,45-,46-,47+,49-,50-,51-,52+,54-,55-,56+,57+,58+/m0/s1. The number of ether oxygens (including phenoxy) is 10. The molecule has 0 radical (unpaired) electrons. The number of aliphatic hydroxyl groups excluding tert-OH is 13. The predicted octanol–water partition coefficient (Wildman–Crippen LogP) is -2.98. The lowest BCUT2D eigenvalue weighted by Crippen LogP contribution is -2.69. The molecule has 0 aromatic carbocycles. The fourth-order valence-corrected chi connectivity index (χ4v) is 17.4. The number of esters is 1. The van der Waals surface area contributed by atoms with Crippen molar-refractivity contribution in [3.8, 4) is 0 Å². The molecule has 5 heterocycles. The molecule has 484 valence electrons. The van der Waals surface area contributed by atoms with Gasteiger partial charge in [0.25, 0.3) is 0 Å². The Kier molecular flexibility index (Phi) is 18.9. The van der Waals surface area contributed by atoms with Crippen LogP contribution in [0.5, 0.6) is 0 Å². The number of hydrogen-bond acceptors (Lipinski definition) is 26. The first-order chi connectivity index (χ1) is 40.0. The van der Waals surface area contributed by atoms with Crippen molar-refractivity contribution in [2.75, 3.05) is 26.4 Å². The summed E-state index contributed by atoms with van der Waals surface area (Å²) in [5.41, 5.74) is -3.46. The van der Waals surface area contributed by atoms with Gasteiger partial charge in [-0.3, -0.25) is 4.79 Å². The van der Waals surface area contributed by atoms with Crippen LogP contribution in [-0.4, -0.2) is 263 Å². The molecular formula is C58H90O27. The van der Waals surface area contributed by atoms with Crippen molar-refractivity contribution in [1.82, 2.24) is 0 Å². The second kappa shape index (κ2) is 24.6. The molecule has 27 nitrogen and oxygen atoms in total. The van der Waals surface area contributed by atoms with Gasteiger partial charge in [-0.1, -0.05) is 46.3 Å². The number of carboxylic acids is 1. The normalized spacial score (nSPS) is 54.5. The first-order valence-electron chi connectivity index (χ1n) is 30.2. The highest BCUT2D eigenvalue weighted by Gasteiger charge is 2.72. The highest BCUT2D eigenvalue weighted by molar-refractivity contribution is 5.80. The van der Waals surface area contributed by atoms with Crippen LogP contribution in [0.25, 0.3) is 0 Å². The van der Waals surface area contributed by atoms with Crippen LogP contribution in [-0.2, 0) is 61.8 Å². The third kappa shape index (κ3) is 10.9. The summed E-state index contributed by atoms with van der Waals surface area (Å²) in [4.78, 5) is 42.0. The summed E-state index contributed by atoms with van der Waals surface area (Å²) in [7, 11) is 0. The molecule has 4 saturated carbocycles. The number of carbonyl (C=O) groups excluding carboxylic acids is 2. The molecule has 9 fully saturated rings. The molecule has 5 saturated heterocycles. The summed E-state index contributed by atoms with van der Waals surface area (Å²) < 4.78 is 60.0. The van der Waals surface area contributed by atoms with Crippen molar-refractivity contribution in [2.24, 2.45) is 50.7 Å². The van der Waals surface area contributed by atoms with Gasteiger partial charge < -0.3 is 124 Å². The van der Waals surface area contributed by atoms with E-state index >= 15 is 4.79 Å². The van der Waals surface area contributed by atoms with Crippen molar-refractivity contribution >= 4 is 18.2 Å². The van der Waals surface area contributed by atoms with Crippen molar-refractivity contribution < 1.29 is 133 Å². The second-order valence-electron chi connectivity index (χ2n) is 27.2. The molecular weight excluding hydrogens is 1130 g/mol. The number of aliphatic carboxylic acids is 1. The van der Waals surface area contributed by atoms with E-state index in [-0.39, 0.29) is 44.3 Å². The number of carbonyl (C=O) groups is 3. The summed E-state index contributed by atoms with van der Waals surface area (Å²) in [5.74, 6) is -3.10. The first kappa shape index (κ1) is 65.4. The molecule has 0 aromatic heterocycles. The van der Waals surface area contributed by atoms with Gasteiger partial charge in [0.2, 0.25) is 0 Å². The number of fused-ring (bicyclic) bond motifs is 7. The van der Waals surface area contributed by atoms with Gasteiger partial charge in [0.1, 0.15) is 110 Å². The van der Waals surface area contributed by atoms with Crippen LogP contribution in [0.3, 0.4) is 0 Å². The second-order valence-corrected chi connectivity index (χ2v) is 27.2. The van der Waals surface area contributed by atoms with E-state index < -0.39 is 211 Å². The van der Waals surface area contributed by atoms with Gasteiger partial charge in [-0.25, -0.2) is 4.79 Å². The van der Waals surface area contributed by atoms with Crippen LogP contribution in [0.4, 0.5) is 0 Å². The van der Waals surface area contributed by atoms with E-state index in [1.165, 1.54) is 6.92 Å². The van der Waals surface area contributed by atoms with Crippen molar-refractivity contribution in [1.29, 1.82) is 0 Å². The summed E-state index contributed by atoms with van der Waals surface area (Å²) >= 11 is 0. The lowest BCUT2D eigenvalue weighted by atomic mass is 9.33. The number of hydrogen-bond donors (Lipinski definition) is 14. The van der Waals surface area contributed by atoms with Gasteiger partial charge >= 0.3 is 11.9 Å². The summed E-state index contributed by atoms with van der Waals surface area (Å²) in [6.07, 6.45) is -32.0. The maximum Gasteiger partial charge on any atom is 0.335 e. The summed E-state index contributed by atoms with van der Waals surface area (Å²) in [5, 5.41) is 152. The van der Waals surface area contributed by atoms with Crippen molar-refractivity contribution in [2.45, 2.75) is 253 Å². The van der Waals surface area contributed by atoms with E-state index in [1.54, 1.807) is 6.92 Å². The molecule has 85 heavy (non-hydrogen) atoms. The Hall–Kier alpha value is -2.53. The van der Waals surface area contributed by atoms with Gasteiger partial charge in [0.15, 0.2) is 31.3 Å². The molecule has 0 aromatic rings. The van der Waals surface area contributed by atoms with Crippen molar-refractivity contribution in [3.63, 3.8) is 0 Å². The third-order valence-corrected chi connectivity index (χ3v) is 22.6. The first-order valence-corrected chi connectivity index (χ1v) is 30.2. The minimum absolute atomic E-state index is 0.101. The predicted molar refractivity (Wildman–Crippen MR) is 283 cm³/mol. The smallest absolute Gasteiger partial charge is 0.335 e. The summed E-state index contributed by atoms with van der Waals surface area (Å²) in [6, 6.07) is 0. The average molecular weight is 1220 g/mol. The monoisotopic (exact) mass is 1220 g/mol. The molecule has 3 unspecified atom stereocenters. The Morgan fingerprint density at radius 3 is 1.99 bits per heavy atom. The number of aliphatic hydroxyl groups is 13. The summed E-state index contributed by atoms with van der Waals surface area (Å²) in [6.45, 7) is 10.2. The van der Waals surface area contributed by atoms with Crippen LogP contribution >= 0.6 is 0 Å². The fraction of sp³-hybridized carbons (Fsp3) is 0.914. The molecule has 10 aliphatic rings. The van der Waals surface area contributed by atoms with E-state index in [2.05, 4.69) is 33.8 Å². The molecule has 5 aliphatic heterocycles. The largest absolute Gasteiger partial charge is 0.479 e.